The lowest BCUT2D eigenvalue weighted by Gasteiger charge is -2.28. The van der Waals surface area contributed by atoms with Crippen LogP contribution in [0.3, 0.4) is 0 Å². The summed E-state index contributed by atoms with van der Waals surface area (Å²) in [6.45, 7) is 12.7. The van der Waals surface area contributed by atoms with Gasteiger partial charge in [0.1, 0.15) is 23.2 Å². The van der Waals surface area contributed by atoms with Gasteiger partial charge in [0, 0.05) is 24.4 Å². The minimum Gasteiger partial charge on any atom is -0.370 e. The number of hydrogen-bond donors (Lipinski definition) is 3. The highest BCUT2D eigenvalue weighted by molar-refractivity contribution is 6.20. The van der Waals surface area contributed by atoms with Crippen LogP contribution in [0, 0.1) is 5.82 Å². The summed E-state index contributed by atoms with van der Waals surface area (Å²) in [4.78, 5) is 12.1. The molecule has 0 spiro atoms. The highest BCUT2D eigenvalue weighted by Crippen LogP contribution is 2.44. The Balaban J connectivity index is 1.41. The van der Waals surface area contributed by atoms with E-state index in [1.165, 1.54) is 0 Å². The molecule has 0 saturated heterocycles. The SMILES string of the molecule is C=CNC1=C(C(=C)N(CCCC)CCCC2=NC(C3(c4ccccc4F)CCCC3)=NC2)NC(Cl)N1. The molecule has 2 heterocycles. The molecule has 0 aromatic heterocycles. The molecule has 0 bridgehead atoms. The van der Waals surface area contributed by atoms with Crippen molar-refractivity contribution in [2.45, 2.75) is 69.3 Å². The summed E-state index contributed by atoms with van der Waals surface area (Å²) in [6, 6.07) is 7.14. The quantitative estimate of drug-likeness (QED) is 0.241. The second-order valence-electron chi connectivity index (χ2n) is 9.73. The Labute approximate surface area is 219 Å². The van der Waals surface area contributed by atoms with Crippen LogP contribution in [0.15, 0.2) is 70.8 Å². The van der Waals surface area contributed by atoms with Crippen molar-refractivity contribution in [3.8, 4) is 0 Å². The van der Waals surface area contributed by atoms with Crippen molar-refractivity contribution in [3.05, 3.63) is 72.2 Å². The van der Waals surface area contributed by atoms with Gasteiger partial charge in [-0.1, -0.05) is 69.1 Å². The first-order valence-electron chi connectivity index (χ1n) is 13.1. The minimum absolute atomic E-state index is 0.148. The third-order valence-electron chi connectivity index (χ3n) is 7.33. The smallest absolute Gasteiger partial charge is 0.176 e. The third-order valence-corrected chi connectivity index (χ3v) is 7.55. The van der Waals surface area contributed by atoms with Crippen molar-refractivity contribution < 1.29 is 4.39 Å². The van der Waals surface area contributed by atoms with E-state index in [2.05, 4.69) is 40.9 Å². The molecule has 1 fully saturated rings. The van der Waals surface area contributed by atoms with E-state index in [1.807, 2.05) is 12.1 Å². The highest BCUT2D eigenvalue weighted by Gasteiger charge is 2.43. The van der Waals surface area contributed by atoms with E-state index in [0.717, 1.165) is 98.8 Å². The van der Waals surface area contributed by atoms with Gasteiger partial charge < -0.3 is 20.9 Å². The molecule has 0 amide bonds. The fourth-order valence-corrected chi connectivity index (χ4v) is 5.68. The summed E-state index contributed by atoms with van der Waals surface area (Å²) in [5.41, 5.74) is 2.83. The van der Waals surface area contributed by atoms with E-state index >= 15 is 0 Å². The predicted molar refractivity (Wildman–Crippen MR) is 147 cm³/mol. The zero-order valence-electron chi connectivity index (χ0n) is 21.3. The lowest BCUT2D eigenvalue weighted by Crippen LogP contribution is -2.32. The highest BCUT2D eigenvalue weighted by atomic mass is 35.5. The molecule has 1 saturated carbocycles. The molecule has 36 heavy (non-hydrogen) atoms. The number of benzene rings is 1. The zero-order chi connectivity index (χ0) is 25.5. The second kappa shape index (κ2) is 12.0. The lowest BCUT2D eigenvalue weighted by atomic mass is 9.77. The van der Waals surface area contributed by atoms with Crippen LogP contribution >= 0.6 is 11.6 Å². The maximum atomic E-state index is 14.8. The first kappa shape index (κ1) is 26.3. The normalized spacial score (nSPS) is 20.5. The Morgan fingerprint density at radius 1 is 1.25 bits per heavy atom. The number of unbranched alkanes of at least 4 members (excludes halogenated alkanes) is 1. The van der Waals surface area contributed by atoms with E-state index in [0.29, 0.717) is 6.54 Å². The van der Waals surface area contributed by atoms with Gasteiger partial charge in [-0.2, -0.15) is 0 Å². The Bertz CT molecular complexity index is 1060. The van der Waals surface area contributed by atoms with E-state index < -0.39 is 5.62 Å². The molecule has 194 valence electrons. The topological polar surface area (TPSA) is 64.0 Å². The second-order valence-corrected chi connectivity index (χ2v) is 10.2. The predicted octanol–water partition coefficient (Wildman–Crippen LogP) is 5.50. The van der Waals surface area contributed by atoms with Crippen molar-refractivity contribution in [2.24, 2.45) is 9.98 Å². The first-order chi connectivity index (χ1) is 17.5. The number of hydrogen-bond acceptors (Lipinski definition) is 6. The summed E-state index contributed by atoms with van der Waals surface area (Å²) in [7, 11) is 0. The Hall–Kier alpha value is -2.80. The van der Waals surface area contributed by atoms with Crippen LogP contribution in [-0.2, 0) is 5.41 Å². The van der Waals surface area contributed by atoms with Crippen LogP contribution in [-0.4, -0.2) is 41.7 Å². The molecule has 3 aliphatic rings. The summed E-state index contributed by atoms with van der Waals surface area (Å²) < 4.78 is 14.8. The zero-order valence-corrected chi connectivity index (χ0v) is 22.0. The molecule has 1 unspecified atom stereocenters. The number of halogens is 2. The summed E-state index contributed by atoms with van der Waals surface area (Å²) >= 11 is 6.26. The Morgan fingerprint density at radius 2 is 2.00 bits per heavy atom. The Morgan fingerprint density at radius 3 is 2.72 bits per heavy atom. The summed E-state index contributed by atoms with van der Waals surface area (Å²) in [5.74, 6) is 1.46. The van der Waals surface area contributed by atoms with Crippen molar-refractivity contribution >= 4 is 23.1 Å². The van der Waals surface area contributed by atoms with Gasteiger partial charge in [-0.3, -0.25) is 4.99 Å². The fourth-order valence-electron chi connectivity index (χ4n) is 5.46. The van der Waals surface area contributed by atoms with Gasteiger partial charge in [-0.05, 0) is 44.4 Å². The molecule has 1 atom stereocenters. The van der Waals surface area contributed by atoms with Crippen LogP contribution in [0.5, 0.6) is 0 Å². The number of rotatable bonds is 13. The molecule has 2 aliphatic heterocycles. The van der Waals surface area contributed by atoms with Gasteiger partial charge in [0.15, 0.2) is 5.62 Å². The average molecular weight is 513 g/mol. The molecule has 8 heteroatoms. The minimum atomic E-state index is -0.395. The monoisotopic (exact) mass is 512 g/mol. The molecule has 1 aromatic carbocycles. The molecule has 1 aliphatic carbocycles. The van der Waals surface area contributed by atoms with E-state index in [-0.39, 0.29) is 11.2 Å². The van der Waals surface area contributed by atoms with Crippen LogP contribution in [0.1, 0.15) is 63.9 Å². The molecule has 6 nitrogen and oxygen atoms in total. The van der Waals surface area contributed by atoms with Crippen molar-refractivity contribution in [1.29, 1.82) is 0 Å². The van der Waals surface area contributed by atoms with Gasteiger partial charge >= 0.3 is 0 Å². The van der Waals surface area contributed by atoms with E-state index in [4.69, 9.17) is 21.6 Å². The van der Waals surface area contributed by atoms with Crippen LogP contribution < -0.4 is 16.0 Å². The molecular formula is C28H38ClFN6. The maximum Gasteiger partial charge on any atom is 0.176 e. The van der Waals surface area contributed by atoms with Gasteiger partial charge in [-0.15, -0.1) is 0 Å². The molecule has 4 rings (SSSR count). The summed E-state index contributed by atoms with van der Waals surface area (Å²) in [6.07, 6.45) is 9.58. The van der Waals surface area contributed by atoms with E-state index in [1.54, 1.807) is 18.3 Å². The van der Waals surface area contributed by atoms with Gasteiger partial charge in [0.2, 0.25) is 0 Å². The van der Waals surface area contributed by atoms with Crippen LogP contribution in [0.4, 0.5) is 4.39 Å². The molecular weight excluding hydrogens is 475 g/mol. The lowest BCUT2D eigenvalue weighted by molar-refractivity contribution is 0.338. The largest absolute Gasteiger partial charge is 0.370 e. The Kier molecular flexibility index (Phi) is 8.72. The fraction of sp³-hybridized carbons (Fsp3) is 0.500. The standard InChI is InChI=1S/C28H38ClFN6/c1-4-6-17-36(20(3)24-25(31-5-2)35-27(29)34-24)18-11-12-21-19-32-26(33-21)28(15-9-10-16-28)22-13-7-8-14-23(22)30/h5,7-8,13-14,27,31,34-35H,2-4,6,9-12,15-19H2,1H3. The van der Waals surface area contributed by atoms with Crippen LogP contribution in [0.2, 0.25) is 0 Å². The summed E-state index contributed by atoms with van der Waals surface area (Å²) in [5, 5.41) is 9.51. The molecule has 1 aromatic rings. The van der Waals surface area contributed by atoms with Gasteiger partial charge in [0.25, 0.3) is 0 Å². The van der Waals surface area contributed by atoms with Crippen molar-refractivity contribution in [2.75, 3.05) is 19.6 Å². The van der Waals surface area contributed by atoms with Crippen molar-refractivity contribution in [1.82, 2.24) is 20.9 Å². The average Bonchev–Trinajstić information content (AvgIpc) is 3.62. The van der Waals surface area contributed by atoms with Gasteiger partial charge in [-0.25, -0.2) is 9.38 Å². The van der Waals surface area contributed by atoms with Gasteiger partial charge in [0.05, 0.1) is 17.7 Å². The number of amidine groups is 1. The number of alkyl halides is 1. The van der Waals surface area contributed by atoms with E-state index in [9.17, 15) is 4.39 Å². The third kappa shape index (κ3) is 5.61. The maximum absolute atomic E-state index is 14.8. The van der Waals surface area contributed by atoms with Crippen LogP contribution in [0.25, 0.3) is 0 Å². The number of aliphatic imine (C=N–C) groups is 2. The number of nitrogens with one attached hydrogen (secondary N) is 3. The molecule has 0 radical (unpaired) electrons. The number of nitrogens with zero attached hydrogens (tertiary/aromatic N) is 3. The molecule has 3 N–H and O–H groups in total. The van der Waals surface area contributed by atoms with Crippen molar-refractivity contribution in [3.63, 3.8) is 0 Å². The first-order valence-corrected chi connectivity index (χ1v) is 13.5.